The first kappa shape index (κ1) is 32.8. The van der Waals surface area contributed by atoms with Crippen LogP contribution in [0.3, 0.4) is 0 Å². The fourth-order valence-electron chi connectivity index (χ4n) is 6.14. The number of rotatable bonds is 10. The number of amides is 3. The molecule has 0 spiro atoms. The molecule has 2 aliphatic rings. The molecule has 250 valence electrons. The van der Waals surface area contributed by atoms with E-state index in [1.165, 1.54) is 11.6 Å². The van der Waals surface area contributed by atoms with Crippen LogP contribution in [-0.2, 0) is 21.4 Å². The average Bonchev–Trinajstić information content (AvgIpc) is 3.09. The zero-order valence-electron chi connectivity index (χ0n) is 26.7. The van der Waals surface area contributed by atoms with Gasteiger partial charge in [0, 0.05) is 56.9 Å². The van der Waals surface area contributed by atoms with Crippen LogP contribution in [-0.4, -0.2) is 65.5 Å². The van der Waals surface area contributed by atoms with Gasteiger partial charge in [-0.15, -0.1) is 0 Å². The molecule has 0 saturated carbocycles. The van der Waals surface area contributed by atoms with Gasteiger partial charge in [-0.2, -0.15) is 4.98 Å². The Bertz CT molecular complexity index is 1930. The van der Waals surface area contributed by atoms with Crippen LogP contribution >= 0.6 is 11.6 Å². The number of piperidine rings is 2. The zero-order valence-corrected chi connectivity index (χ0v) is 27.5. The molecule has 1 unspecified atom stereocenters. The number of halogens is 1. The third-order valence-corrected chi connectivity index (χ3v) is 9.02. The first-order chi connectivity index (χ1) is 23.2. The number of imide groups is 1. The lowest BCUT2D eigenvalue weighted by molar-refractivity contribution is -0.134. The Hall–Kier alpha value is -5.17. The number of hydrogen-bond donors (Lipinski definition) is 4. The second-order valence-electron chi connectivity index (χ2n) is 12.1. The molecule has 6 rings (SSSR count). The van der Waals surface area contributed by atoms with Crippen molar-refractivity contribution in [3.05, 3.63) is 75.7 Å². The highest BCUT2D eigenvalue weighted by molar-refractivity contribution is 6.32. The number of fused-ring (bicyclic) bond motifs is 1. The van der Waals surface area contributed by atoms with Crippen molar-refractivity contribution in [3.63, 3.8) is 0 Å². The van der Waals surface area contributed by atoms with E-state index >= 15 is 0 Å². The Morgan fingerprint density at radius 3 is 2.77 bits per heavy atom. The van der Waals surface area contributed by atoms with Gasteiger partial charge in [0.25, 0.3) is 11.5 Å². The third kappa shape index (κ3) is 7.36. The minimum atomic E-state index is -0.341. The summed E-state index contributed by atoms with van der Waals surface area (Å²) in [5.41, 5.74) is 2.89. The van der Waals surface area contributed by atoms with Gasteiger partial charge >= 0.3 is 0 Å². The Balaban J connectivity index is 1.12. The lowest BCUT2D eigenvalue weighted by atomic mass is 9.90. The number of anilines is 4. The third-order valence-electron chi connectivity index (χ3n) is 8.75. The Kier molecular flexibility index (Phi) is 9.76. The van der Waals surface area contributed by atoms with Crippen molar-refractivity contribution in [3.8, 4) is 5.75 Å². The van der Waals surface area contributed by atoms with Gasteiger partial charge < -0.3 is 30.2 Å². The first-order valence-electron chi connectivity index (χ1n) is 15.9. The number of aryl methyl sites for hydroxylation is 1. The smallest absolute Gasteiger partial charge is 0.293 e. The van der Waals surface area contributed by atoms with E-state index in [4.69, 9.17) is 21.3 Å². The van der Waals surface area contributed by atoms with Crippen LogP contribution < -0.4 is 36.5 Å². The number of carbonyl (C=O) groups excluding carboxylic acids is 3. The van der Waals surface area contributed by atoms with E-state index < -0.39 is 0 Å². The van der Waals surface area contributed by atoms with E-state index in [0.717, 1.165) is 49.1 Å². The van der Waals surface area contributed by atoms with Crippen molar-refractivity contribution in [1.29, 1.82) is 0 Å². The molecule has 4 N–H and O–H groups in total. The van der Waals surface area contributed by atoms with Crippen LogP contribution in [0.15, 0.2) is 59.5 Å². The molecule has 4 aromatic rings. The van der Waals surface area contributed by atoms with Gasteiger partial charge in [-0.05, 0) is 67.1 Å². The molecule has 14 heteroatoms. The van der Waals surface area contributed by atoms with E-state index in [0.29, 0.717) is 46.8 Å². The Morgan fingerprint density at radius 2 is 1.96 bits per heavy atom. The number of pyridine rings is 1. The molecule has 13 nitrogen and oxygen atoms in total. The predicted octanol–water partition coefficient (Wildman–Crippen LogP) is 3.70. The maximum absolute atomic E-state index is 12.7. The van der Waals surface area contributed by atoms with Gasteiger partial charge in [-0.25, -0.2) is 4.98 Å². The number of carbonyl (C=O) groups is 3. The molecular weight excluding hydrogens is 636 g/mol. The van der Waals surface area contributed by atoms with Gasteiger partial charge in [0.2, 0.25) is 17.8 Å². The van der Waals surface area contributed by atoms with Crippen LogP contribution in [0.25, 0.3) is 10.9 Å². The number of nitrogens with one attached hydrogen (secondary N) is 4. The fraction of sp³-hybridized carbons (Fsp3) is 0.353. The monoisotopic (exact) mass is 672 g/mol. The molecule has 0 radical (unpaired) electrons. The standard InChI is InChI=1S/C34H37ClN8O5/c1-36-30(45)19-48-28-15-22-14-24(8-10-27(22)42(2)33(28)47)39-31-26(35)17-38-34(41-31)43-12-4-5-20(18-43)16-37-23-7-3-6-21(13-23)25-9-11-29(44)40-32(25)46/h3,6-8,10,13-15,17,20,25,37H,4-5,9,11-12,16,18-19H2,1-2H3,(H,36,45)(H,38,39,41)(H,40,44,46)/t20-,25?/m0/s1. The van der Waals surface area contributed by atoms with Gasteiger partial charge in [0.05, 0.1) is 17.6 Å². The van der Waals surface area contributed by atoms with Crippen LogP contribution in [0.4, 0.5) is 23.1 Å². The van der Waals surface area contributed by atoms with Crippen molar-refractivity contribution in [2.24, 2.45) is 13.0 Å². The van der Waals surface area contributed by atoms with Crippen molar-refractivity contribution in [2.75, 3.05) is 48.8 Å². The summed E-state index contributed by atoms with van der Waals surface area (Å²) in [4.78, 5) is 59.8. The van der Waals surface area contributed by atoms with Gasteiger partial charge in [0.1, 0.15) is 5.02 Å². The molecule has 2 saturated heterocycles. The van der Waals surface area contributed by atoms with Gasteiger partial charge in [0.15, 0.2) is 18.2 Å². The zero-order chi connectivity index (χ0) is 33.8. The van der Waals surface area contributed by atoms with Crippen LogP contribution in [0.1, 0.15) is 37.2 Å². The molecule has 3 amide bonds. The summed E-state index contributed by atoms with van der Waals surface area (Å²) >= 11 is 6.53. The summed E-state index contributed by atoms with van der Waals surface area (Å²) < 4.78 is 6.96. The summed E-state index contributed by atoms with van der Waals surface area (Å²) in [6.45, 7) is 2.04. The summed E-state index contributed by atoms with van der Waals surface area (Å²) in [5.74, 6) is 0.305. The van der Waals surface area contributed by atoms with Gasteiger partial charge in [-0.3, -0.25) is 24.5 Å². The summed E-state index contributed by atoms with van der Waals surface area (Å²) in [6, 6.07) is 15.0. The van der Waals surface area contributed by atoms with Crippen LogP contribution in [0.2, 0.25) is 5.02 Å². The van der Waals surface area contributed by atoms with E-state index in [1.54, 1.807) is 19.3 Å². The quantitative estimate of drug-likeness (QED) is 0.183. The normalized spacial score (nSPS) is 17.9. The predicted molar refractivity (Wildman–Crippen MR) is 184 cm³/mol. The summed E-state index contributed by atoms with van der Waals surface area (Å²) in [5, 5.41) is 12.8. The first-order valence-corrected chi connectivity index (χ1v) is 16.3. The molecule has 2 fully saturated rings. The van der Waals surface area contributed by atoms with E-state index in [9.17, 15) is 19.2 Å². The van der Waals surface area contributed by atoms with E-state index in [1.807, 2.05) is 42.5 Å². The maximum atomic E-state index is 12.7. The fourth-order valence-corrected chi connectivity index (χ4v) is 6.28. The lowest BCUT2D eigenvalue weighted by Gasteiger charge is -2.33. The Morgan fingerprint density at radius 1 is 1.10 bits per heavy atom. The van der Waals surface area contributed by atoms with Crippen LogP contribution in [0.5, 0.6) is 5.75 Å². The van der Waals surface area contributed by atoms with E-state index in [2.05, 4.69) is 31.2 Å². The molecule has 2 aliphatic heterocycles. The minimum Gasteiger partial charge on any atom is -0.478 e. The van der Waals surface area contributed by atoms with Crippen molar-refractivity contribution in [1.82, 2.24) is 25.2 Å². The SMILES string of the molecule is CNC(=O)COc1cc2cc(Nc3nc(N4CCC[C@@H](CNc5cccc(C6CCC(=O)NC6=O)c5)C4)ncc3Cl)ccc2n(C)c1=O. The molecule has 4 heterocycles. The number of benzene rings is 2. The molecular formula is C34H37ClN8O5. The number of aromatic nitrogens is 3. The highest BCUT2D eigenvalue weighted by atomic mass is 35.5. The number of hydrogen-bond acceptors (Lipinski definition) is 10. The second kappa shape index (κ2) is 14.3. The van der Waals surface area contributed by atoms with Crippen LogP contribution in [0, 0.1) is 5.92 Å². The number of nitrogens with zero attached hydrogens (tertiary/aromatic N) is 4. The maximum Gasteiger partial charge on any atom is 0.293 e. The highest BCUT2D eigenvalue weighted by Crippen LogP contribution is 2.30. The topological polar surface area (TPSA) is 160 Å². The lowest BCUT2D eigenvalue weighted by Crippen LogP contribution is -2.39. The van der Waals surface area contributed by atoms with E-state index in [-0.39, 0.29) is 41.6 Å². The minimum absolute atomic E-state index is 0.0734. The van der Waals surface area contributed by atoms with Crippen molar-refractivity contribution >= 4 is 63.4 Å². The summed E-state index contributed by atoms with van der Waals surface area (Å²) in [6.07, 6.45) is 4.47. The Labute approximate surface area is 282 Å². The van der Waals surface area contributed by atoms with Crippen molar-refractivity contribution in [2.45, 2.75) is 31.6 Å². The molecule has 0 aliphatic carbocycles. The van der Waals surface area contributed by atoms with Gasteiger partial charge in [-0.1, -0.05) is 23.7 Å². The second-order valence-corrected chi connectivity index (χ2v) is 12.5. The largest absolute Gasteiger partial charge is 0.478 e. The number of likely N-dealkylation sites (N-methyl/N-ethyl adjacent to an activating group) is 1. The van der Waals surface area contributed by atoms with Crippen molar-refractivity contribution < 1.29 is 19.1 Å². The average molecular weight is 673 g/mol. The molecule has 2 aromatic heterocycles. The molecule has 48 heavy (non-hydrogen) atoms. The molecule has 2 atom stereocenters. The molecule has 2 aromatic carbocycles. The highest BCUT2D eigenvalue weighted by Gasteiger charge is 2.28. The molecule has 0 bridgehead atoms. The number of ether oxygens (including phenoxy) is 1. The summed E-state index contributed by atoms with van der Waals surface area (Å²) in [7, 11) is 3.15.